The number of carbonyl (C=O) groups is 3. The number of likely N-dealkylation sites (tertiary alicyclic amines) is 1. The van der Waals surface area contributed by atoms with E-state index >= 15 is 0 Å². The summed E-state index contributed by atoms with van der Waals surface area (Å²) < 4.78 is 0. The van der Waals surface area contributed by atoms with Crippen molar-refractivity contribution < 1.29 is 24.6 Å². The highest BCUT2D eigenvalue weighted by molar-refractivity contribution is 7.09. The van der Waals surface area contributed by atoms with Crippen molar-refractivity contribution >= 4 is 34.8 Å². The summed E-state index contributed by atoms with van der Waals surface area (Å²) in [5, 5.41) is 22.2. The number of rotatable bonds is 7. The Bertz CT molecular complexity index is 1760. The molecule has 8 heteroatoms. The Morgan fingerprint density at radius 1 is 0.955 bits per heavy atom. The summed E-state index contributed by atoms with van der Waals surface area (Å²) in [4.78, 5) is 41.3. The molecule has 6 rings (SSSR count). The Morgan fingerprint density at radius 3 is 2.30 bits per heavy atom. The summed E-state index contributed by atoms with van der Waals surface area (Å²) in [6.45, 7) is 5.17. The zero-order valence-electron chi connectivity index (χ0n) is 24.7. The van der Waals surface area contributed by atoms with Gasteiger partial charge in [-0.25, -0.2) is 9.78 Å². The number of benzene rings is 3. The van der Waals surface area contributed by atoms with Crippen LogP contribution in [-0.4, -0.2) is 44.5 Å². The fourth-order valence-electron chi connectivity index (χ4n) is 5.52. The van der Waals surface area contributed by atoms with Crippen molar-refractivity contribution in [2.75, 3.05) is 6.54 Å². The summed E-state index contributed by atoms with van der Waals surface area (Å²) in [6, 6.07) is 25.7. The summed E-state index contributed by atoms with van der Waals surface area (Å²) in [6.07, 6.45) is 4.89. The zero-order chi connectivity index (χ0) is 31.3. The van der Waals surface area contributed by atoms with Crippen molar-refractivity contribution in [3.8, 4) is 22.4 Å². The first-order valence-electron chi connectivity index (χ1n) is 14.5. The second kappa shape index (κ2) is 13.2. The van der Waals surface area contributed by atoms with E-state index in [9.17, 15) is 24.6 Å². The van der Waals surface area contributed by atoms with Crippen LogP contribution >= 0.6 is 11.3 Å². The molecule has 224 valence electrons. The Balaban J connectivity index is 0.000000181. The van der Waals surface area contributed by atoms with Gasteiger partial charge in [0.15, 0.2) is 0 Å². The Hall–Kier alpha value is -4.82. The van der Waals surface area contributed by atoms with Crippen LogP contribution < -0.4 is 0 Å². The molecule has 4 aromatic rings. The molecule has 1 aromatic heterocycles. The van der Waals surface area contributed by atoms with Gasteiger partial charge in [-0.05, 0) is 66.7 Å². The number of hydrogen-bond donors (Lipinski definition) is 2. The first kappa shape index (κ1) is 30.6. The van der Waals surface area contributed by atoms with E-state index in [2.05, 4.69) is 28.6 Å². The number of hydrogen-bond acceptors (Lipinski definition) is 5. The third-order valence-electron chi connectivity index (χ3n) is 7.83. The molecule has 1 fully saturated rings. The predicted molar refractivity (Wildman–Crippen MR) is 173 cm³/mol. The second-order valence-electron chi connectivity index (χ2n) is 11.3. The summed E-state index contributed by atoms with van der Waals surface area (Å²) in [5.41, 5.74) is 5.56. The maximum atomic E-state index is 11.7. The minimum atomic E-state index is -1.25. The Kier molecular flexibility index (Phi) is 9.20. The molecule has 1 aliphatic carbocycles. The average Bonchev–Trinajstić information content (AvgIpc) is 3.65. The molecule has 0 spiro atoms. The van der Waals surface area contributed by atoms with Crippen molar-refractivity contribution in [2.24, 2.45) is 5.41 Å². The monoisotopic (exact) mass is 606 g/mol. The van der Waals surface area contributed by atoms with Crippen molar-refractivity contribution in [1.82, 2.24) is 9.88 Å². The van der Waals surface area contributed by atoms with Crippen LogP contribution in [0.2, 0.25) is 0 Å². The van der Waals surface area contributed by atoms with Crippen LogP contribution in [0.1, 0.15) is 42.3 Å². The number of thiazole rings is 1. The first-order chi connectivity index (χ1) is 21.1. The molecule has 0 bridgehead atoms. The van der Waals surface area contributed by atoms with Gasteiger partial charge < -0.3 is 15.1 Å². The fraction of sp³-hybridized carbons (Fsp3) is 0.222. The molecule has 2 N–H and O–H groups in total. The Morgan fingerprint density at radius 2 is 1.66 bits per heavy atom. The first-order valence-corrected chi connectivity index (χ1v) is 15.3. The minimum Gasteiger partial charge on any atom is -0.481 e. The third kappa shape index (κ3) is 7.03. The molecule has 7 nitrogen and oxygen atoms in total. The van der Waals surface area contributed by atoms with E-state index in [0.717, 1.165) is 52.5 Å². The van der Waals surface area contributed by atoms with Crippen molar-refractivity contribution in [2.45, 2.75) is 39.7 Å². The second-order valence-corrected chi connectivity index (χ2v) is 12.3. The lowest BCUT2D eigenvalue weighted by Crippen LogP contribution is -2.29. The molecule has 1 aliphatic heterocycles. The number of aliphatic carboxylic acids is 2. The summed E-state index contributed by atoms with van der Waals surface area (Å²) >= 11 is 1.66. The van der Waals surface area contributed by atoms with Crippen LogP contribution in [0.25, 0.3) is 28.0 Å². The molecule has 1 saturated heterocycles. The molecule has 0 radical (unpaired) electrons. The van der Waals surface area contributed by atoms with Gasteiger partial charge in [-0.3, -0.25) is 9.59 Å². The summed E-state index contributed by atoms with van der Waals surface area (Å²) in [7, 11) is 0. The molecule has 44 heavy (non-hydrogen) atoms. The molecule has 2 heterocycles. The van der Waals surface area contributed by atoms with E-state index in [-0.39, 0.29) is 17.9 Å². The van der Waals surface area contributed by atoms with Gasteiger partial charge in [0, 0.05) is 36.0 Å². The lowest BCUT2D eigenvalue weighted by atomic mass is 9.76. The van der Waals surface area contributed by atoms with Crippen molar-refractivity contribution in [3.63, 3.8) is 0 Å². The highest BCUT2D eigenvalue weighted by Gasteiger charge is 2.37. The van der Waals surface area contributed by atoms with Gasteiger partial charge in [0.2, 0.25) is 5.91 Å². The number of allylic oxidation sites excluding steroid dienone is 2. The number of aromatic nitrogens is 1. The van der Waals surface area contributed by atoms with Gasteiger partial charge in [0.25, 0.3) is 0 Å². The topological polar surface area (TPSA) is 108 Å². The molecule has 2 aliphatic rings. The van der Waals surface area contributed by atoms with E-state index in [4.69, 9.17) is 0 Å². The van der Waals surface area contributed by atoms with Crippen molar-refractivity contribution in [3.05, 3.63) is 118 Å². The van der Waals surface area contributed by atoms with Crippen LogP contribution in [0.4, 0.5) is 0 Å². The lowest BCUT2D eigenvalue weighted by molar-refractivity contribution is -0.145. The van der Waals surface area contributed by atoms with E-state index < -0.39 is 17.4 Å². The van der Waals surface area contributed by atoms with Gasteiger partial charge in [0.1, 0.15) is 0 Å². The van der Waals surface area contributed by atoms with E-state index in [1.165, 1.54) is 5.56 Å². The van der Waals surface area contributed by atoms with Gasteiger partial charge in [0.05, 0.1) is 16.1 Å². The molecular weight excluding hydrogens is 572 g/mol. The third-order valence-corrected chi connectivity index (χ3v) is 8.61. The van der Waals surface area contributed by atoms with Gasteiger partial charge in [-0.2, -0.15) is 0 Å². The van der Waals surface area contributed by atoms with Crippen LogP contribution in [0.3, 0.4) is 0 Å². The maximum absolute atomic E-state index is 11.7. The van der Waals surface area contributed by atoms with Crippen LogP contribution in [0.5, 0.6) is 0 Å². The summed E-state index contributed by atoms with van der Waals surface area (Å²) in [5.74, 6) is -1.85. The van der Waals surface area contributed by atoms with E-state index in [0.29, 0.717) is 12.0 Å². The van der Waals surface area contributed by atoms with Crippen LogP contribution in [-0.2, 0) is 20.9 Å². The minimum absolute atomic E-state index is 0.0331. The SMILES string of the molecule is CC1(C(=O)O)C=C(c2ccccc2-c2ccccc2)C=C(C(=O)O)C1.Cc1nc(-c2cccc(CN3CCCC3=O)c2)cs1. The number of amides is 1. The predicted octanol–water partition coefficient (Wildman–Crippen LogP) is 7.48. The van der Waals surface area contributed by atoms with E-state index in [1.54, 1.807) is 30.4 Å². The highest BCUT2D eigenvalue weighted by atomic mass is 32.1. The number of carboxylic acid groups (broad SMARTS) is 2. The number of aryl methyl sites for hydroxylation is 1. The molecule has 1 unspecified atom stereocenters. The molecule has 3 aromatic carbocycles. The highest BCUT2D eigenvalue weighted by Crippen LogP contribution is 2.40. The van der Waals surface area contributed by atoms with Crippen molar-refractivity contribution in [1.29, 1.82) is 0 Å². The number of nitrogens with zero attached hydrogens (tertiary/aromatic N) is 2. The van der Waals surface area contributed by atoms with E-state index in [1.807, 2.05) is 72.5 Å². The zero-order valence-corrected chi connectivity index (χ0v) is 25.5. The van der Waals surface area contributed by atoms with Gasteiger partial charge in [-0.1, -0.05) is 78.9 Å². The maximum Gasteiger partial charge on any atom is 0.331 e. The number of carboxylic acids is 2. The largest absolute Gasteiger partial charge is 0.481 e. The smallest absolute Gasteiger partial charge is 0.331 e. The Labute approximate surface area is 260 Å². The normalized spacial score (nSPS) is 17.8. The molecular formula is C36H34N2O5S. The quantitative estimate of drug-likeness (QED) is 0.226. The van der Waals surface area contributed by atoms with Crippen LogP contribution in [0.15, 0.2) is 102 Å². The average molecular weight is 607 g/mol. The van der Waals surface area contributed by atoms with Crippen LogP contribution in [0, 0.1) is 12.3 Å². The molecule has 1 amide bonds. The lowest BCUT2D eigenvalue weighted by Gasteiger charge is -2.27. The standard InChI is InChI=1S/C21H18O4.C15H16N2OS/c1-21(20(24)25)12-15(11-16(13-21)19(22)23)18-10-6-5-9-17(18)14-7-3-2-4-8-14;1-11-16-14(10-19-11)13-5-2-4-12(8-13)9-17-7-3-6-15(17)18/h2-12H,13H2,1H3,(H,22,23)(H,24,25);2,4-5,8,10H,3,6-7,9H2,1H3. The molecule has 0 saturated carbocycles. The van der Waals surface area contributed by atoms with Gasteiger partial charge >= 0.3 is 11.9 Å². The van der Waals surface area contributed by atoms with Gasteiger partial charge in [-0.15, -0.1) is 11.3 Å². The number of carbonyl (C=O) groups excluding carboxylic acids is 1. The molecule has 1 atom stereocenters. The fourth-order valence-corrected chi connectivity index (χ4v) is 6.14.